The summed E-state index contributed by atoms with van der Waals surface area (Å²) in [5, 5.41) is 0. The van der Waals surface area contributed by atoms with E-state index in [9.17, 15) is 4.39 Å². The number of aromatic nitrogens is 3. The minimum atomic E-state index is -0.243. The summed E-state index contributed by atoms with van der Waals surface area (Å²) >= 11 is 0. The van der Waals surface area contributed by atoms with E-state index in [0.717, 1.165) is 28.2 Å². The van der Waals surface area contributed by atoms with Crippen molar-refractivity contribution in [2.24, 2.45) is 0 Å². The number of pyridine rings is 1. The highest BCUT2D eigenvalue weighted by Gasteiger charge is 2.10. The first-order valence-electron chi connectivity index (χ1n) is 7.64. The van der Waals surface area contributed by atoms with E-state index in [1.165, 1.54) is 12.1 Å². The summed E-state index contributed by atoms with van der Waals surface area (Å²) in [4.78, 5) is 9.12. The Kier molecular flexibility index (Phi) is 4.91. The molecule has 0 radical (unpaired) electrons. The Hall–Kier alpha value is -2.98. The lowest BCUT2D eigenvalue weighted by Gasteiger charge is -2.05. The highest BCUT2D eigenvalue weighted by Crippen LogP contribution is 2.21. The molecule has 0 aliphatic rings. The molecule has 2 heterocycles. The molecule has 0 unspecified atom stereocenters. The number of fused-ring (bicyclic) bond motifs is 1. The highest BCUT2D eigenvalue weighted by atomic mass is 35.5. The molecule has 0 spiro atoms. The molecule has 2 aromatic heterocycles. The van der Waals surface area contributed by atoms with E-state index in [4.69, 9.17) is 0 Å². The minimum absolute atomic E-state index is 0. The van der Waals surface area contributed by atoms with Crippen LogP contribution in [0, 0.1) is 5.82 Å². The van der Waals surface area contributed by atoms with Gasteiger partial charge in [-0.25, -0.2) is 14.4 Å². The molecule has 0 saturated heterocycles. The lowest BCUT2D eigenvalue weighted by atomic mass is 10.2. The third-order valence-electron chi connectivity index (χ3n) is 3.76. The van der Waals surface area contributed by atoms with Crippen LogP contribution in [0.1, 0.15) is 11.4 Å². The zero-order valence-corrected chi connectivity index (χ0v) is 14.0. The summed E-state index contributed by atoms with van der Waals surface area (Å²) in [6.07, 6.45) is 5.60. The molecule has 2 aromatic carbocycles. The topological polar surface area (TPSA) is 30.7 Å². The van der Waals surface area contributed by atoms with Gasteiger partial charge in [0.25, 0.3) is 0 Å². The predicted octanol–water partition coefficient (Wildman–Crippen LogP) is 5.15. The number of hydrogen-bond donors (Lipinski definition) is 0. The van der Waals surface area contributed by atoms with Crippen LogP contribution in [-0.2, 0) is 0 Å². The number of rotatable bonds is 3. The molecule has 0 atom stereocenters. The Morgan fingerprint density at radius 2 is 1.60 bits per heavy atom. The van der Waals surface area contributed by atoms with Gasteiger partial charge >= 0.3 is 0 Å². The summed E-state index contributed by atoms with van der Waals surface area (Å²) < 4.78 is 15.0. The van der Waals surface area contributed by atoms with Crippen LogP contribution in [0.15, 0.2) is 72.9 Å². The van der Waals surface area contributed by atoms with E-state index >= 15 is 0 Å². The summed E-state index contributed by atoms with van der Waals surface area (Å²) in [6, 6.07) is 20.1. The molecule has 4 rings (SSSR count). The van der Waals surface area contributed by atoms with Gasteiger partial charge in [-0.05, 0) is 48.0 Å². The Bertz CT molecular complexity index is 1010. The number of hydrogen-bond acceptors (Lipinski definition) is 2. The van der Waals surface area contributed by atoms with Crippen LogP contribution in [0.4, 0.5) is 4.39 Å². The third kappa shape index (κ3) is 3.44. The van der Waals surface area contributed by atoms with Crippen molar-refractivity contribution in [2.45, 2.75) is 0 Å². The number of imidazole rings is 1. The zero-order valence-electron chi connectivity index (χ0n) is 13.2. The van der Waals surface area contributed by atoms with Gasteiger partial charge in [-0.2, -0.15) is 0 Å². The molecule has 0 amide bonds. The van der Waals surface area contributed by atoms with Gasteiger partial charge in [0.05, 0.1) is 11.0 Å². The van der Waals surface area contributed by atoms with Gasteiger partial charge in [0.15, 0.2) is 0 Å². The molecule has 0 bridgehead atoms. The largest absolute Gasteiger partial charge is 0.277 e. The van der Waals surface area contributed by atoms with E-state index < -0.39 is 0 Å². The summed E-state index contributed by atoms with van der Waals surface area (Å²) in [7, 11) is 0. The second kappa shape index (κ2) is 7.28. The average molecular weight is 352 g/mol. The Morgan fingerprint density at radius 1 is 0.840 bits per heavy atom. The average Bonchev–Trinajstić information content (AvgIpc) is 3.00. The summed E-state index contributed by atoms with van der Waals surface area (Å²) in [5.74, 6) is 1.34. The molecule has 4 aromatic rings. The van der Waals surface area contributed by atoms with Crippen LogP contribution in [0.2, 0.25) is 0 Å². The zero-order chi connectivity index (χ0) is 16.4. The van der Waals surface area contributed by atoms with Gasteiger partial charge in [0, 0.05) is 6.20 Å². The fourth-order valence-corrected chi connectivity index (χ4v) is 2.63. The van der Waals surface area contributed by atoms with Crippen LogP contribution in [0.25, 0.3) is 29.0 Å². The second-order valence-corrected chi connectivity index (χ2v) is 5.37. The van der Waals surface area contributed by atoms with Gasteiger partial charge in [0.2, 0.25) is 0 Å². The molecule has 0 saturated carbocycles. The smallest absolute Gasteiger partial charge is 0.139 e. The molecule has 0 fully saturated rings. The number of benzene rings is 2. The van der Waals surface area contributed by atoms with Crippen LogP contribution in [0.3, 0.4) is 0 Å². The van der Waals surface area contributed by atoms with Gasteiger partial charge in [0.1, 0.15) is 17.5 Å². The van der Waals surface area contributed by atoms with Crippen molar-refractivity contribution < 1.29 is 4.39 Å². The molecule has 0 aliphatic carbocycles. The summed E-state index contributed by atoms with van der Waals surface area (Å²) in [5.41, 5.74) is 2.81. The van der Waals surface area contributed by atoms with Crippen molar-refractivity contribution in [1.29, 1.82) is 0 Å². The van der Waals surface area contributed by atoms with Crippen molar-refractivity contribution >= 4 is 35.6 Å². The van der Waals surface area contributed by atoms with Gasteiger partial charge in [-0.1, -0.05) is 36.4 Å². The maximum Gasteiger partial charge on any atom is 0.139 e. The van der Waals surface area contributed by atoms with Crippen molar-refractivity contribution in [3.63, 3.8) is 0 Å². The molecular weight excluding hydrogens is 337 g/mol. The molecule has 3 nitrogen and oxygen atoms in total. The van der Waals surface area contributed by atoms with E-state index in [2.05, 4.69) is 9.97 Å². The first-order valence-corrected chi connectivity index (χ1v) is 7.64. The SMILES string of the molecule is Cl.Fc1ccc(C=Cc2nc3ccccc3n2-c2ccccn2)cc1. The monoisotopic (exact) mass is 351 g/mol. The van der Waals surface area contributed by atoms with Crippen LogP contribution in [0.5, 0.6) is 0 Å². The van der Waals surface area contributed by atoms with Crippen molar-refractivity contribution in [1.82, 2.24) is 14.5 Å². The van der Waals surface area contributed by atoms with Crippen molar-refractivity contribution in [2.75, 3.05) is 0 Å². The van der Waals surface area contributed by atoms with Gasteiger partial charge in [-0.15, -0.1) is 12.4 Å². The summed E-state index contributed by atoms with van der Waals surface area (Å²) in [6.45, 7) is 0. The fraction of sp³-hybridized carbons (Fsp3) is 0. The second-order valence-electron chi connectivity index (χ2n) is 5.37. The van der Waals surface area contributed by atoms with Crippen molar-refractivity contribution in [3.8, 4) is 5.82 Å². The maximum atomic E-state index is 13.0. The van der Waals surface area contributed by atoms with Crippen LogP contribution >= 0.6 is 12.4 Å². The van der Waals surface area contributed by atoms with E-state index in [1.54, 1.807) is 18.3 Å². The lowest BCUT2D eigenvalue weighted by Crippen LogP contribution is -1.99. The third-order valence-corrected chi connectivity index (χ3v) is 3.76. The minimum Gasteiger partial charge on any atom is -0.277 e. The fourth-order valence-electron chi connectivity index (χ4n) is 2.63. The normalized spacial score (nSPS) is 10.9. The standard InChI is InChI=1S/C20H14FN3.ClH/c21-16-11-8-15(9-12-16)10-13-20-23-17-5-1-2-6-18(17)24(20)19-7-3-4-14-22-19;/h1-14H;1H. The predicted molar refractivity (Wildman–Crippen MR) is 101 cm³/mol. The molecule has 5 heteroatoms. The first-order chi connectivity index (χ1) is 11.8. The Labute approximate surface area is 150 Å². The number of nitrogens with zero attached hydrogens (tertiary/aromatic N) is 3. The quantitative estimate of drug-likeness (QED) is 0.511. The van der Waals surface area contributed by atoms with E-state index in [-0.39, 0.29) is 18.2 Å². The Morgan fingerprint density at radius 3 is 2.36 bits per heavy atom. The van der Waals surface area contributed by atoms with Crippen LogP contribution < -0.4 is 0 Å². The lowest BCUT2D eigenvalue weighted by molar-refractivity contribution is 0.628. The number of halogens is 2. The number of para-hydroxylation sites is 2. The molecule has 25 heavy (non-hydrogen) atoms. The van der Waals surface area contributed by atoms with Crippen LogP contribution in [-0.4, -0.2) is 14.5 Å². The molecular formula is C20H15ClFN3. The van der Waals surface area contributed by atoms with Gasteiger partial charge < -0.3 is 0 Å². The van der Waals surface area contributed by atoms with E-state index in [0.29, 0.717) is 0 Å². The first kappa shape index (κ1) is 16.9. The van der Waals surface area contributed by atoms with E-state index in [1.807, 2.05) is 59.2 Å². The van der Waals surface area contributed by atoms with Gasteiger partial charge in [-0.3, -0.25) is 4.57 Å². The Balaban J connectivity index is 0.00000182. The molecule has 0 aliphatic heterocycles. The molecule has 0 N–H and O–H groups in total. The molecule has 124 valence electrons. The maximum absolute atomic E-state index is 13.0. The van der Waals surface area contributed by atoms with Crippen molar-refractivity contribution in [3.05, 3.63) is 90.1 Å². The highest BCUT2D eigenvalue weighted by molar-refractivity contribution is 5.85.